The maximum Gasteiger partial charge on any atom is 0.411 e. The van der Waals surface area contributed by atoms with Gasteiger partial charge in [-0.2, -0.15) is 0 Å². The zero-order valence-corrected chi connectivity index (χ0v) is 16.8. The number of amides is 2. The molecule has 2 amide bonds. The molecule has 1 aliphatic carbocycles. The highest BCUT2D eigenvalue weighted by atomic mass is 32.1. The first kappa shape index (κ1) is 21.0. The van der Waals surface area contributed by atoms with Gasteiger partial charge in [-0.15, -0.1) is 0 Å². The molecule has 1 aromatic rings. The lowest BCUT2D eigenvalue weighted by atomic mass is 9.78. The summed E-state index contributed by atoms with van der Waals surface area (Å²) in [6.45, 7) is 6.52. The minimum atomic E-state index is -0.529. The predicted octanol–water partition coefficient (Wildman–Crippen LogP) is 3.19. The van der Waals surface area contributed by atoms with E-state index in [0.29, 0.717) is 40.8 Å². The van der Waals surface area contributed by atoms with E-state index in [2.05, 4.69) is 35.3 Å². The third-order valence-electron chi connectivity index (χ3n) is 4.98. The molecule has 4 N–H and O–H groups in total. The topological polar surface area (TPSA) is 91.5 Å². The van der Waals surface area contributed by atoms with Crippen molar-refractivity contribution in [2.75, 3.05) is 11.9 Å². The summed E-state index contributed by atoms with van der Waals surface area (Å²) >= 11 is 5.29. The number of anilines is 1. The molecule has 148 valence electrons. The Kier molecular flexibility index (Phi) is 7.84. The Labute approximate surface area is 165 Å². The Morgan fingerprint density at radius 3 is 2.52 bits per heavy atom. The van der Waals surface area contributed by atoms with Gasteiger partial charge in [0.15, 0.2) is 5.11 Å². The molecule has 1 aromatic carbocycles. The van der Waals surface area contributed by atoms with Gasteiger partial charge >= 0.3 is 6.09 Å². The summed E-state index contributed by atoms with van der Waals surface area (Å²) in [6.07, 6.45) is 2.98. The minimum Gasteiger partial charge on any atom is -0.450 e. The van der Waals surface area contributed by atoms with Gasteiger partial charge in [0.05, 0.1) is 6.61 Å². The Morgan fingerprint density at radius 2 is 1.85 bits per heavy atom. The monoisotopic (exact) mass is 392 g/mol. The molecule has 1 saturated carbocycles. The first-order chi connectivity index (χ1) is 12.9. The second kappa shape index (κ2) is 10.1. The van der Waals surface area contributed by atoms with Crippen LogP contribution < -0.4 is 21.5 Å². The number of carbonyl (C=O) groups excluding carboxylic acids is 2. The van der Waals surface area contributed by atoms with Crippen LogP contribution in [0.15, 0.2) is 24.3 Å². The van der Waals surface area contributed by atoms with Crippen molar-refractivity contribution in [3.05, 3.63) is 29.8 Å². The van der Waals surface area contributed by atoms with Crippen molar-refractivity contribution in [2.45, 2.75) is 46.1 Å². The highest BCUT2D eigenvalue weighted by Gasteiger charge is 2.27. The molecule has 0 radical (unpaired) electrons. The summed E-state index contributed by atoms with van der Waals surface area (Å²) in [5.41, 5.74) is 6.34. The lowest BCUT2D eigenvalue weighted by molar-refractivity contribution is 0.0943. The van der Waals surface area contributed by atoms with Crippen LogP contribution in [-0.2, 0) is 4.74 Å². The van der Waals surface area contributed by atoms with Gasteiger partial charge in [0.2, 0.25) is 0 Å². The standard InChI is InChI=1S/C19H28N4O3S/c1-4-26-19(25)20-15-10-8-14(9-11-15)17(24)22-23-18(27)21-16-7-5-6-12(2)13(16)3/h8-13,16H,4-7H2,1-3H3,(H,20,25)(H,22,24)(H2,21,23,27)/t12-,13+,16-/m1/s1. The van der Waals surface area contributed by atoms with Crippen LogP contribution in [0.25, 0.3) is 0 Å². The number of rotatable bonds is 4. The molecule has 0 aromatic heterocycles. The molecule has 0 heterocycles. The summed E-state index contributed by atoms with van der Waals surface area (Å²) < 4.78 is 4.80. The second-order valence-corrected chi connectivity index (χ2v) is 7.26. The molecule has 1 fully saturated rings. The molecule has 2 rings (SSSR count). The summed E-state index contributed by atoms with van der Waals surface area (Å²) in [5, 5.41) is 6.28. The van der Waals surface area contributed by atoms with Crippen LogP contribution in [0.2, 0.25) is 0 Å². The van der Waals surface area contributed by atoms with Crippen molar-refractivity contribution >= 4 is 35.0 Å². The van der Waals surface area contributed by atoms with E-state index in [-0.39, 0.29) is 5.91 Å². The Morgan fingerprint density at radius 1 is 1.15 bits per heavy atom. The molecule has 7 nitrogen and oxygen atoms in total. The average molecular weight is 393 g/mol. The molecule has 0 unspecified atom stereocenters. The van der Waals surface area contributed by atoms with Gasteiger partial charge in [0, 0.05) is 17.3 Å². The number of ether oxygens (including phenoxy) is 1. The molecule has 1 aliphatic rings. The highest BCUT2D eigenvalue weighted by molar-refractivity contribution is 7.80. The molecule has 3 atom stereocenters. The quantitative estimate of drug-likeness (QED) is 0.465. The van der Waals surface area contributed by atoms with Gasteiger partial charge in [-0.1, -0.05) is 26.7 Å². The minimum absolute atomic E-state index is 0.296. The lowest BCUT2D eigenvalue weighted by Crippen LogP contribution is -2.52. The van der Waals surface area contributed by atoms with E-state index in [1.807, 2.05) is 0 Å². The van der Waals surface area contributed by atoms with Crippen LogP contribution >= 0.6 is 12.2 Å². The van der Waals surface area contributed by atoms with Crippen molar-refractivity contribution in [1.82, 2.24) is 16.2 Å². The molecule has 27 heavy (non-hydrogen) atoms. The van der Waals surface area contributed by atoms with Crippen molar-refractivity contribution < 1.29 is 14.3 Å². The highest BCUT2D eigenvalue weighted by Crippen LogP contribution is 2.29. The van der Waals surface area contributed by atoms with Gasteiger partial charge in [-0.25, -0.2) is 4.79 Å². The SMILES string of the molecule is CCOC(=O)Nc1ccc(C(=O)NNC(=S)N[C@@H]2CCC[C@@H](C)[C@@H]2C)cc1. The van der Waals surface area contributed by atoms with E-state index < -0.39 is 6.09 Å². The van der Waals surface area contributed by atoms with Gasteiger partial charge in [0.25, 0.3) is 5.91 Å². The van der Waals surface area contributed by atoms with E-state index in [1.54, 1.807) is 31.2 Å². The predicted molar refractivity (Wildman–Crippen MR) is 109 cm³/mol. The maximum absolute atomic E-state index is 12.2. The summed E-state index contributed by atoms with van der Waals surface area (Å²) in [7, 11) is 0. The summed E-state index contributed by atoms with van der Waals surface area (Å²) in [5.74, 6) is 0.885. The smallest absolute Gasteiger partial charge is 0.411 e. The van der Waals surface area contributed by atoms with Crippen molar-refractivity contribution in [2.24, 2.45) is 11.8 Å². The molecule has 8 heteroatoms. The number of benzene rings is 1. The van der Waals surface area contributed by atoms with Crippen molar-refractivity contribution in [3.63, 3.8) is 0 Å². The van der Waals surface area contributed by atoms with Crippen LogP contribution in [0.3, 0.4) is 0 Å². The van der Waals surface area contributed by atoms with E-state index >= 15 is 0 Å². The first-order valence-electron chi connectivity index (χ1n) is 9.31. The Bertz CT molecular complexity index is 665. The van der Waals surface area contributed by atoms with Gasteiger partial charge in [0.1, 0.15) is 0 Å². The fourth-order valence-corrected chi connectivity index (χ4v) is 3.37. The number of hydrogen-bond donors (Lipinski definition) is 4. The fourth-order valence-electron chi connectivity index (χ4n) is 3.17. The molecule has 0 saturated heterocycles. The van der Waals surface area contributed by atoms with Gasteiger partial charge in [-0.3, -0.25) is 21.0 Å². The summed E-state index contributed by atoms with van der Waals surface area (Å²) in [6, 6.07) is 6.81. The van der Waals surface area contributed by atoms with Gasteiger partial charge in [-0.05, 0) is 61.7 Å². The van der Waals surface area contributed by atoms with Crippen molar-refractivity contribution in [1.29, 1.82) is 0 Å². The molecule has 0 spiro atoms. The summed E-state index contributed by atoms with van der Waals surface area (Å²) in [4.78, 5) is 23.6. The number of carbonyl (C=O) groups is 2. The molecular weight excluding hydrogens is 364 g/mol. The Hall–Kier alpha value is -2.35. The first-order valence-corrected chi connectivity index (χ1v) is 9.72. The van der Waals surface area contributed by atoms with Crippen LogP contribution in [-0.4, -0.2) is 29.8 Å². The van der Waals surface area contributed by atoms with Crippen molar-refractivity contribution in [3.8, 4) is 0 Å². The van der Waals surface area contributed by atoms with E-state index in [1.165, 1.54) is 12.8 Å². The number of nitrogens with one attached hydrogen (secondary N) is 4. The lowest BCUT2D eigenvalue weighted by Gasteiger charge is -2.35. The third kappa shape index (κ3) is 6.39. The number of hydrogen-bond acceptors (Lipinski definition) is 4. The second-order valence-electron chi connectivity index (χ2n) is 6.85. The molecule has 0 aliphatic heterocycles. The number of hydrazine groups is 1. The fraction of sp³-hybridized carbons (Fsp3) is 0.526. The average Bonchev–Trinajstić information content (AvgIpc) is 2.64. The molecular formula is C19H28N4O3S. The van der Waals surface area contributed by atoms with Gasteiger partial charge < -0.3 is 10.1 Å². The molecule has 0 bridgehead atoms. The zero-order valence-electron chi connectivity index (χ0n) is 16.0. The van der Waals surface area contributed by atoms with Crippen LogP contribution in [0, 0.1) is 11.8 Å². The Balaban J connectivity index is 1.79. The van der Waals surface area contributed by atoms with E-state index in [4.69, 9.17) is 17.0 Å². The van der Waals surface area contributed by atoms with Crippen LogP contribution in [0.5, 0.6) is 0 Å². The third-order valence-corrected chi connectivity index (χ3v) is 5.20. The van der Waals surface area contributed by atoms with E-state index in [9.17, 15) is 9.59 Å². The largest absolute Gasteiger partial charge is 0.450 e. The van der Waals surface area contributed by atoms with Crippen LogP contribution in [0.1, 0.15) is 50.4 Å². The normalized spacial score (nSPS) is 21.7. The zero-order chi connectivity index (χ0) is 19.8. The number of thiocarbonyl (C=S) groups is 1. The van der Waals surface area contributed by atoms with Crippen LogP contribution in [0.4, 0.5) is 10.5 Å². The van der Waals surface area contributed by atoms with E-state index in [0.717, 1.165) is 6.42 Å². The maximum atomic E-state index is 12.2.